The van der Waals surface area contributed by atoms with Crippen LogP contribution in [0.2, 0.25) is 0 Å². The highest BCUT2D eigenvalue weighted by Gasteiger charge is 2.27. The number of carbonyl (C=O) groups excluding carboxylic acids is 2. The number of benzene rings is 2. The third kappa shape index (κ3) is 5.27. The van der Waals surface area contributed by atoms with E-state index in [1.807, 2.05) is 6.92 Å². The van der Waals surface area contributed by atoms with E-state index >= 15 is 0 Å². The van der Waals surface area contributed by atoms with Gasteiger partial charge in [-0.3, -0.25) is 9.59 Å². The van der Waals surface area contributed by atoms with Gasteiger partial charge in [0.15, 0.2) is 0 Å². The molecule has 2 aromatic carbocycles. The van der Waals surface area contributed by atoms with Crippen molar-refractivity contribution in [2.75, 3.05) is 17.7 Å². The number of nitrogens with two attached hydrogens (primary N) is 1. The van der Waals surface area contributed by atoms with Crippen LogP contribution < -0.4 is 21.1 Å². The third-order valence-corrected chi connectivity index (χ3v) is 4.08. The van der Waals surface area contributed by atoms with Crippen LogP contribution in [0.1, 0.15) is 37.0 Å². The number of anilines is 2. The molecule has 0 aromatic heterocycles. The summed E-state index contributed by atoms with van der Waals surface area (Å²) in [5.74, 6) is -0.918. The fraction of sp³-hybridized carbons (Fsp3) is 0.300. The largest absolute Gasteiger partial charge is 0.495 e. The zero-order valence-corrected chi connectivity index (χ0v) is 15.6. The fourth-order valence-electron chi connectivity index (χ4n) is 2.61. The number of rotatable bonds is 7. The highest BCUT2D eigenvalue weighted by molar-refractivity contribution is 6.05. The first kappa shape index (κ1) is 20.4. The van der Waals surface area contributed by atoms with Crippen molar-refractivity contribution < 1.29 is 18.7 Å². The number of hydrogen-bond acceptors (Lipinski definition) is 4. The lowest BCUT2D eigenvalue weighted by Crippen LogP contribution is -2.48. The maximum Gasteiger partial charge on any atom is 0.255 e. The van der Waals surface area contributed by atoms with E-state index in [9.17, 15) is 14.0 Å². The number of amides is 2. The smallest absolute Gasteiger partial charge is 0.255 e. The Bertz CT molecular complexity index is 837. The van der Waals surface area contributed by atoms with Gasteiger partial charge in [0.1, 0.15) is 11.6 Å². The summed E-state index contributed by atoms with van der Waals surface area (Å²) in [6, 6.07) is 10.2. The van der Waals surface area contributed by atoms with Gasteiger partial charge in [0, 0.05) is 11.3 Å². The summed E-state index contributed by atoms with van der Waals surface area (Å²) < 4.78 is 18.6. The van der Waals surface area contributed by atoms with Gasteiger partial charge >= 0.3 is 0 Å². The highest BCUT2D eigenvalue weighted by atomic mass is 19.1. The summed E-state index contributed by atoms with van der Waals surface area (Å²) in [6.07, 6.45) is 1.32. The maximum atomic E-state index is 13.3. The first-order chi connectivity index (χ1) is 12.8. The van der Waals surface area contributed by atoms with Gasteiger partial charge in [-0.1, -0.05) is 19.4 Å². The summed E-state index contributed by atoms with van der Waals surface area (Å²) in [7, 11) is 1.46. The molecule has 0 heterocycles. The summed E-state index contributed by atoms with van der Waals surface area (Å²) in [4.78, 5) is 24.7. The molecular weight excluding hydrogens is 349 g/mol. The molecule has 0 spiro atoms. The number of nitrogens with one attached hydrogen (secondary N) is 2. The van der Waals surface area contributed by atoms with Crippen molar-refractivity contribution >= 4 is 23.2 Å². The van der Waals surface area contributed by atoms with Crippen molar-refractivity contribution in [2.24, 2.45) is 5.73 Å². The Morgan fingerprint density at radius 3 is 2.56 bits per heavy atom. The van der Waals surface area contributed by atoms with E-state index in [1.54, 1.807) is 25.1 Å². The predicted molar refractivity (Wildman–Crippen MR) is 103 cm³/mol. The van der Waals surface area contributed by atoms with E-state index in [2.05, 4.69) is 10.6 Å². The predicted octanol–water partition coefficient (Wildman–Crippen LogP) is 3.54. The average molecular weight is 373 g/mol. The second-order valence-electron chi connectivity index (χ2n) is 6.50. The zero-order chi connectivity index (χ0) is 20.0. The zero-order valence-electron chi connectivity index (χ0n) is 15.6. The van der Waals surface area contributed by atoms with Gasteiger partial charge in [-0.2, -0.15) is 0 Å². The second kappa shape index (κ2) is 8.64. The normalized spacial score (nSPS) is 12.8. The Balaban J connectivity index is 2.22. The standard InChI is InChI=1S/C20H24FN3O3/c1-4-10-20(2,22)19(26)23-15-8-9-17(27-3)16(12-15)24-18(25)13-6-5-7-14(21)11-13/h5-9,11-12H,4,10,22H2,1-3H3,(H,23,26)(H,24,25). The van der Waals surface area contributed by atoms with E-state index in [1.165, 1.54) is 25.3 Å². The van der Waals surface area contributed by atoms with E-state index in [4.69, 9.17) is 10.5 Å². The van der Waals surface area contributed by atoms with Crippen LogP contribution in [0.4, 0.5) is 15.8 Å². The van der Waals surface area contributed by atoms with Crippen molar-refractivity contribution in [1.29, 1.82) is 0 Å². The Labute approximate surface area is 157 Å². The fourth-order valence-corrected chi connectivity index (χ4v) is 2.61. The Kier molecular flexibility index (Phi) is 6.52. The molecule has 0 saturated carbocycles. The van der Waals surface area contributed by atoms with Crippen LogP contribution >= 0.6 is 0 Å². The van der Waals surface area contributed by atoms with Crippen molar-refractivity contribution in [3.8, 4) is 5.75 Å². The molecule has 0 bridgehead atoms. The quantitative estimate of drug-likeness (QED) is 0.692. The molecule has 27 heavy (non-hydrogen) atoms. The molecule has 0 radical (unpaired) electrons. The second-order valence-corrected chi connectivity index (χ2v) is 6.50. The van der Waals surface area contributed by atoms with Gasteiger partial charge < -0.3 is 21.1 Å². The first-order valence-corrected chi connectivity index (χ1v) is 8.62. The molecule has 2 amide bonds. The number of ether oxygens (including phenoxy) is 1. The minimum atomic E-state index is -1.00. The number of carbonyl (C=O) groups is 2. The molecule has 7 heteroatoms. The molecule has 0 fully saturated rings. The van der Waals surface area contributed by atoms with Crippen LogP contribution in [0, 0.1) is 5.82 Å². The summed E-state index contributed by atoms with van der Waals surface area (Å²) in [5, 5.41) is 5.42. The number of methoxy groups -OCH3 is 1. The van der Waals surface area contributed by atoms with Crippen molar-refractivity contribution in [1.82, 2.24) is 0 Å². The van der Waals surface area contributed by atoms with Gasteiger partial charge in [0.05, 0.1) is 18.3 Å². The van der Waals surface area contributed by atoms with Crippen molar-refractivity contribution in [3.63, 3.8) is 0 Å². The molecule has 1 atom stereocenters. The van der Waals surface area contributed by atoms with E-state index < -0.39 is 17.3 Å². The van der Waals surface area contributed by atoms with Gasteiger partial charge in [-0.25, -0.2) is 4.39 Å². The lowest BCUT2D eigenvalue weighted by molar-refractivity contribution is -0.120. The van der Waals surface area contributed by atoms with Crippen LogP contribution in [0.5, 0.6) is 5.75 Å². The van der Waals surface area contributed by atoms with E-state index in [0.717, 1.165) is 12.5 Å². The monoisotopic (exact) mass is 373 g/mol. The van der Waals surface area contributed by atoms with Crippen LogP contribution in [0.25, 0.3) is 0 Å². The molecule has 4 N–H and O–H groups in total. The minimum Gasteiger partial charge on any atom is -0.495 e. The van der Waals surface area contributed by atoms with Crippen molar-refractivity contribution in [3.05, 3.63) is 53.8 Å². The number of halogens is 1. The molecule has 0 aliphatic heterocycles. The maximum absolute atomic E-state index is 13.3. The highest BCUT2D eigenvalue weighted by Crippen LogP contribution is 2.29. The lowest BCUT2D eigenvalue weighted by atomic mass is 9.96. The van der Waals surface area contributed by atoms with Crippen LogP contribution in [-0.2, 0) is 4.79 Å². The topological polar surface area (TPSA) is 93.5 Å². The van der Waals surface area contributed by atoms with Crippen LogP contribution in [0.15, 0.2) is 42.5 Å². The van der Waals surface area contributed by atoms with Crippen LogP contribution in [-0.4, -0.2) is 24.5 Å². The Hall–Kier alpha value is -2.93. The lowest BCUT2D eigenvalue weighted by Gasteiger charge is -2.23. The van der Waals surface area contributed by atoms with Crippen LogP contribution in [0.3, 0.4) is 0 Å². The van der Waals surface area contributed by atoms with Gasteiger partial charge in [-0.05, 0) is 49.7 Å². The Morgan fingerprint density at radius 2 is 1.93 bits per heavy atom. The minimum absolute atomic E-state index is 0.170. The van der Waals surface area contributed by atoms with Gasteiger partial charge in [-0.15, -0.1) is 0 Å². The third-order valence-electron chi connectivity index (χ3n) is 4.08. The molecule has 2 rings (SSSR count). The molecule has 0 aliphatic carbocycles. The van der Waals surface area contributed by atoms with Gasteiger partial charge in [0.25, 0.3) is 5.91 Å². The summed E-state index contributed by atoms with van der Waals surface area (Å²) in [6.45, 7) is 3.62. The Morgan fingerprint density at radius 1 is 1.19 bits per heavy atom. The van der Waals surface area contributed by atoms with Crippen molar-refractivity contribution in [2.45, 2.75) is 32.2 Å². The molecule has 144 valence electrons. The molecule has 2 aromatic rings. The SMILES string of the molecule is CCCC(C)(N)C(=O)Nc1ccc(OC)c(NC(=O)c2cccc(F)c2)c1. The molecular formula is C20H24FN3O3. The van der Waals surface area contributed by atoms with Gasteiger partial charge in [0.2, 0.25) is 5.91 Å². The summed E-state index contributed by atoms with van der Waals surface area (Å²) in [5.41, 5.74) is 6.02. The van der Waals surface area contributed by atoms with E-state index in [-0.39, 0.29) is 11.5 Å². The molecule has 1 unspecified atom stereocenters. The molecule has 0 saturated heterocycles. The number of hydrogen-bond donors (Lipinski definition) is 3. The molecule has 0 aliphatic rings. The average Bonchev–Trinajstić information content (AvgIpc) is 2.62. The molecule has 6 nitrogen and oxygen atoms in total. The first-order valence-electron chi connectivity index (χ1n) is 8.62. The summed E-state index contributed by atoms with van der Waals surface area (Å²) >= 11 is 0. The van der Waals surface area contributed by atoms with E-state index in [0.29, 0.717) is 23.5 Å².